The third kappa shape index (κ3) is 3.47. The minimum absolute atomic E-state index is 0.0183. The van der Waals surface area contributed by atoms with E-state index in [9.17, 15) is 4.39 Å². The summed E-state index contributed by atoms with van der Waals surface area (Å²) in [5.41, 5.74) is 7.68. The second-order valence-corrected chi connectivity index (χ2v) is 6.27. The van der Waals surface area contributed by atoms with E-state index in [2.05, 4.69) is 18.7 Å². The van der Waals surface area contributed by atoms with Crippen molar-refractivity contribution in [2.75, 3.05) is 18.0 Å². The number of hydrogen-bond acceptors (Lipinski definition) is 2. The van der Waals surface area contributed by atoms with Crippen LogP contribution in [-0.4, -0.2) is 19.1 Å². The minimum Gasteiger partial charge on any atom is -0.371 e. The van der Waals surface area contributed by atoms with Crippen molar-refractivity contribution in [1.82, 2.24) is 0 Å². The molecule has 1 heterocycles. The van der Waals surface area contributed by atoms with Crippen LogP contribution in [0, 0.1) is 17.7 Å². The molecule has 1 aromatic carbocycles. The van der Waals surface area contributed by atoms with Gasteiger partial charge in [-0.15, -0.1) is 0 Å². The number of anilines is 1. The predicted molar refractivity (Wildman–Crippen MR) is 78.9 cm³/mol. The van der Waals surface area contributed by atoms with Crippen LogP contribution in [0.1, 0.15) is 32.8 Å². The van der Waals surface area contributed by atoms with E-state index in [1.165, 1.54) is 12.5 Å². The summed E-state index contributed by atoms with van der Waals surface area (Å²) in [6.45, 7) is 8.50. The first-order chi connectivity index (χ1) is 8.97. The van der Waals surface area contributed by atoms with Crippen molar-refractivity contribution < 1.29 is 4.39 Å². The van der Waals surface area contributed by atoms with Gasteiger partial charge in [0, 0.05) is 30.4 Å². The van der Waals surface area contributed by atoms with Gasteiger partial charge in [-0.25, -0.2) is 4.39 Å². The standard InChI is InChI=1S/C16H25FN2/c1-11-7-12(2)10-19(9-11)16-6-4-5-15(17)14(16)8-13(3)18/h4-6,11-13H,7-10,18H2,1-3H3. The number of benzene rings is 1. The summed E-state index contributed by atoms with van der Waals surface area (Å²) in [6.07, 6.45) is 1.86. The third-order valence-electron chi connectivity index (χ3n) is 3.83. The summed E-state index contributed by atoms with van der Waals surface area (Å²) in [6, 6.07) is 5.36. The highest BCUT2D eigenvalue weighted by atomic mass is 19.1. The fourth-order valence-electron chi connectivity index (χ4n) is 3.23. The van der Waals surface area contributed by atoms with Crippen LogP contribution in [0.3, 0.4) is 0 Å². The summed E-state index contributed by atoms with van der Waals surface area (Å²) >= 11 is 0. The normalized spacial score (nSPS) is 25.4. The Morgan fingerprint density at radius 3 is 2.53 bits per heavy atom. The van der Waals surface area contributed by atoms with Gasteiger partial charge < -0.3 is 10.6 Å². The Hall–Kier alpha value is -1.09. The SMILES string of the molecule is CC(N)Cc1c(F)cccc1N1CC(C)CC(C)C1. The highest BCUT2D eigenvalue weighted by molar-refractivity contribution is 5.55. The lowest BCUT2D eigenvalue weighted by atomic mass is 9.90. The molecule has 0 bridgehead atoms. The molecule has 1 aliphatic heterocycles. The Morgan fingerprint density at radius 1 is 1.32 bits per heavy atom. The Bertz CT molecular complexity index is 421. The molecule has 0 aliphatic carbocycles. The fourth-order valence-corrected chi connectivity index (χ4v) is 3.23. The minimum atomic E-state index is -0.124. The summed E-state index contributed by atoms with van der Waals surface area (Å²) in [4.78, 5) is 2.33. The zero-order valence-electron chi connectivity index (χ0n) is 12.2. The summed E-state index contributed by atoms with van der Waals surface area (Å²) in [5, 5.41) is 0. The molecule has 0 spiro atoms. The van der Waals surface area contributed by atoms with Gasteiger partial charge in [0.25, 0.3) is 0 Å². The molecule has 0 saturated carbocycles. The van der Waals surface area contributed by atoms with Gasteiger partial charge in [-0.1, -0.05) is 19.9 Å². The van der Waals surface area contributed by atoms with Gasteiger partial charge >= 0.3 is 0 Å². The quantitative estimate of drug-likeness (QED) is 0.908. The molecule has 19 heavy (non-hydrogen) atoms. The molecule has 106 valence electrons. The maximum absolute atomic E-state index is 14.1. The average Bonchev–Trinajstić information content (AvgIpc) is 2.30. The van der Waals surface area contributed by atoms with Crippen LogP contribution in [0.25, 0.3) is 0 Å². The smallest absolute Gasteiger partial charge is 0.128 e. The number of nitrogens with zero attached hydrogens (tertiary/aromatic N) is 1. The van der Waals surface area contributed by atoms with Gasteiger partial charge in [-0.3, -0.25) is 0 Å². The van der Waals surface area contributed by atoms with Crippen LogP contribution in [-0.2, 0) is 6.42 Å². The van der Waals surface area contributed by atoms with Crippen LogP contribution in [0.5, 0.6) is 0 Å². The van der Waals surface area contributed by atoms with Crippen LogP contribution < -0.4 is 10.6 Å². The van der Waals surface area contributed by atoms with E-state index in [0.717, 1.165) is 24.3 Å². The zero-order chi connectivity index (χ0) is 14.0. The molecule has 3 atom stereocenters. The molecular formula is C16H25FN2. The Morgan fingerprint density at radius 2 is 1.95 bits per heavy atom. The van der Waals surface area contributed by atoms with Crippen molar-refractivity contribution in [3.63, 3.8) is 0 Å². The molecule has 1 aromatic rings. The number of rotatable bonds is 3. The number of piperidine rings is 1. The Kier molecular flexibility index (Phi) is 4.46. The van der Waals surface area contributed by atoms with Crippen molar-refractivity contribution in [3.05, 3.63) is 29.6 Å². The molecule has 2 N–H and O–H groups in total. The monoisotopic (exact) mass is 264 g/mol. The van der Waals surface area contributed by atoms with Crippen LogP contribution in [0.4, 0.5) is 10.1 Å². The van der Waals surface area contributed by atoms with Gasteiger partial charge in [0.1, 0.15) is 5.82 Å². The first-order valence-electron chi connectivity index (χ1n) is 7.25. The van der Waals surface area contributed by atoms with E-state index in [1.807, 2.05) is 13.0 Å². The molecular weight excluding hydrogens is 239 g/mol. The lowest BCUT2D eigenvalue weighted by Gasteiger charge is -2.38. The van der Waals surface area contributed by atoms with Crippen LogP contribution >= 0.6 is 0 Å². The fraction of sp³-hybridized carbons (Fsp3) is 0.625. The highest BCUT2D eigenvalue weighted by Gasteiger charge is 2.24. The van der Waals surface area contributed by atoms with E-state index in [0.29, 0.717) is 18.3 Å². The lowest BCUT2D eigenvalue weighted by Crippen LogP contribution is -2.39. The van der Waals surface area contributed by atoms with E-state index >= 15 is 0 Å². The first kappa shape index (κ1) is 14.3. The maximum Gasteiger partial charge on any atom is 0.128 e. The summed E-state index contributed by atoms with van der Waals surface area (Å²) < 4.78 is 14.1. The van der Waals surface area contributed by atoms with E-state index < -0.39 is 0 Å². The molecule has 0 amide bonds. The van der Waals surface area contributed by atoms with Crippen LogP contribution in [0.2, 0.25) is 0 Å². The van der Waals surface area contributed by atoms with Gasteiger partial charge in [0.05, 0.1) is 0 Å². The van der Waals surface area contributed by atoms with Gasteiger partial charge in [0.15, 0.2) is 0 Å². The van der Waals surface area contributed by atoms with Crippen molar-refractivity contribution in [2.45, 2.75) is 39.7 Å². The molecule has 1 aliphatic rings. The van der Waals surface area contributed by atoms with E-state index in [-0.39, 0.29) is 11.9 Å². The second kappa shape index (κ2) is 5.91. The number of halogens is 1. The second-order valence-electron chi connectivity index (χ2n) is 6.27. The first-order valence-corrected chi connectivity index (χ1v) is 7.25. The Labute approximate surface area is 115 Å². The van der Waals surface area contributed by atoms with Gasteiger partial charge in [-0.2, -0.15) is 0 Å². The zero-order valence-corrected chi connectivity index (χ0v) is 12.2. The van der Waals surface area contributed by atoms with Gasteiger partial charge in [-0.05, 0) is 43.7 Å². The molecule has 0 aromatic heterocycles. The molecule has 2 rings (SSSR count). The third-order valence-corrected chi connectivity index (χ3v) is 3.83. The van der Waals surface area contributed by atoms with E-state index in [4.69, 9.17) is 5.73 Å². The van der Waals surface area contributed by atoms with Crippen molar-refractivity contribution in [2.24, 2.45) is 17.6 Å². The molecule has 3 heteroatoms. The molecule has 0 radical (unpaired) electrons. The van der Waals surface area contributed by atoms with Crippen LogP contribution in [0.15, 0.2) is 18.2 Å². The molecule has 1 fully saturated rings. The predicted octanol–water partition coefficient (Wildman–Crippen LogP) is 3.20. The largest absolute Gasteiger partial charge is 0.371 e. The van der Waals surface area contributed by atoms with Crippen molar-refractivity contribution >= 4 is 5.69 Å². The maximum atomic E-state index is 14.1. The lowest BCUT2D eigenvalue weighted by molar-refractivity contribution is 0.356. The number of nitrogens with two attached hydrogens (primary N) is 1. The Balaban J connectivity index is 2.30. The summed E-state index contributed by atoms with van der Waals surface area (Å²) in [7, 11) is 0. The molecule has 3 unspecified atom stereocenters. The molecule has 1 saturated heterocycles. The average molecular weight is 264 g/mol. The van der Waals surface area contributed by atoms with Gasteiger partial charge in [0.2, 0.25) is 0 Å². The summed E-state index contributed by atoms with van der Waals surface area (Å²) in [5.74, 6) is 1.20. The number of hydrogen-bond donors (Lipinski definition) is 1. The molecule has 2 nitrogen and oxygen atoms in total. The highest BCUT2D eigenvalue weighted by Crippen LogP contribution is 2.30. The topological polar surface area (TPSA) is 29.3 Å². The van der Waals surface area contributed by atoms with Crippen molar-refractivity contribution in [1.29, 1.82) is 0 Å². The van der Waals surface area contributed by atoms with E-state index in [1.54, 1.807) is 6.07 Å². The van der Waals surface area contributed by atoms with Crippen molar-refractivity contribution in [3.8, 4) is 0 Å².